The van der Waals surface area contributed by atoms with E-state index in [0.717, 1.165) is 0 Å². The molecule has 0 aliphatic rings. The van der Waals surface area contributed by atoms with Crippen LogP contribution in [0.4, 0.5) is 13.2 Å². The van der Waals surface area contributed by atoms with Gasteiger partial charge in [-0.3, -0.25) is 0 Å². The summed E-state index contributed by atoms with van der Waals surface area (Å²) in [4.78, 5) is 4.06. The summed E-state index contributed by atoms with van der Waals surface area (Å²) in [5, 5.41) is 0. The van der Waals surface area contributed by atoms with E-state index in [1.54, 1.807) is 0 Å². The zero-order valence-corrected chi connectivity index (χ0v) is 18.8. The molecule has 3 nitrogen and oxygen atoms in total. The molecule has 0 saturated heterocycles. The molecule has 0 unspecified atom stereocenters. The van der Waals surface area contributed by atoms with Crippen molar-refractivity contribution in [3.05, 3.63) is 115 Å². The molecule has 0 saturated carbocycles. The summed E-state index contributed by atoms with van der Waals surface area (Å²) in [6.07, 6.45) is 0. The van der Waals surface area contributed by atoms with Crippen molar-refractivity contribution in [3.63, 3.8) is 0 Å². The normalized spacial score (nSPS) is 11.5. The van der Waals surface area contributed by atoms with Gasteiger partial charge in [0.15, 0.2) is 24.8 Å². The van der Waals surface area contributed by atoms with Crippen LogP contribution in [0.1, 0.15) is 0 Å². The fourth-order valence-corrected chi connectivity index (χ4v) is 5.26. The average molecular weight is 489 g/mol. The molecule has 0 bridgehead atoms. The Morgan fingerprint density at radius 1 is 0.606 bits per heavy atom. The molecule has 0 heterocycles. The predicted molar refractivity (Wildman–Crippen MR) is 123 cm³/mol. The minimum atomic E-state index is -6.09. The molecule has 0 fully saturated rings. The van der Waals surface area contributed by atoms with Crippen LogP contribution in [-0.2, 0) is 21.0 Å². The van der Waals surface area contributed by atoms with Gasteiger partial charge in [0, 0.05) is 5.56 Å². The lowest BCUT2D eigenvalue weighted by Crippen LogP contribution is -2.21. The molecule has 0 aliphatic heterocycles. The van der Waals surface area contributed by atoms with Crippen molar-refractivity contribution in [1.82, 2.24) is 0 Å². The summed E-state index contributed by atoms with van der Waals surface area (Å²) in [6.45, 7) is 0. The maximum Gasteiger partial charge on any atom is 0.485 e. The topological polar surface area (TPSA) is 57.2 Å². The zero-order valence-electron chi connectivity index (χ0n) is 17.1. The monoisotopic (exact) mass is 488 g/mol. The van der Waals surface area contributed by atoms with E-state index in [9.17, 15) is 13.2 Å². The number of benzene rings is 4. The van der Waals surface area contributed by atoms with E-state index in [4.69, 9.17) is 13.0 Å². The van der Waals surface area contributed by atoms with Crippen LogP contribution in [0.5, 0.6) is 0 Å². The Bertz CT molecular complexity index is 1220. The second kappa shape index (κ2) is 10.7. The minimum absolute atomic E-state index is 0.127. The highest BCUT2D eigenvalue weighted by atomic mass is 32.2. The van der Waals surface area contributed by atoms with E-state index in [2.05, 4.69) is 115 Å². The molecule has 170 valence electrons. The summed E-state index contributed by atoms with van der Waals surface area (Å²) in [7, 11) is -6.22. The molecule has 0 aliphatic carbocycles. The molecular formula is C25H19F3O3S2. The van der Waals surface area contributed by atoms with Gasteiger partial charge in [-0.2, -0.15) is 13.2 Å². The largest absolute Gasteiger partial charge is 0.741 e. The highest BCUT2D eigenvalue weighted by Crippen LogP contribution is 2.37. The number of rotatable bonds is 4. The Morgan fingerprint density at radius 2 is 0.970 bits per heavy atom. The molecule has 0 aromatic heterocycles. The molecular weight excluding hydrogens is 469 g/mol. The van der Waals surface area contributed by atoms with Crippen molar-refractivity contribution < 1.29 is 26.1 Å². The van der Waals surface area contributed by atoms with Gasteiger partial charge in [0.1, 0.15) is 0 Å². The van der Waals surface area contributed by atoms with Crippen molar-refractivity contribution in [2.45, 2.75) is 20.2 Å². The van der Waals surface area contributed by atoms with E-state index in [1.165, 1.54) is 25.8 Å². The van der Waals surface area contributed by atoms with Crippen LogP contribution in [0.2, 0.25) is 0 Å². The van der Waals surface area contributed by atoms with Crippen molar-refractivity contribution in [2.75, 3.05) is 0 Å². The quantitative estimate of drug-likeness (QED) is 0.187. The average Bonchev–Trinajstić information content (AvgIpc) is 2.81. The van der Waals surface area contributed by atoms with Gasteiger partial charge < -0.3 is 4.55 Å². The van der Waals surface area contributed by atoms with Crippen LogP contribution >= 0.6 is 0 Å². The van der Waals surface area contributed by atoms with Gasteiger partial charge in [0.25, 0.3) is 0 Å². The Balaban J connectivity index is 0.000000331. The smallest absolute Gasteiger partial charge is 0.485 e. The van der Waals surface area contributed by atoms with Gasteiger partial charge in [0.05, 0.1) is 10.9 Å². The first-order valence-electron chi connectivity index (χ1n) is 9.69. The lowest BCUT2D eigenvalue weighted by molar-refractivity contribution is -0.0517. The first-order chi connectivity index (χ1) is 15.7. The fraction of sp³-hybridized carbons (Fsp3) is 0.0400. The number of halogens is 3. The highest BCUT2D eigenvalue weighted by Gasteiger charge is 2.37. The van der Waals surface area contributed by atoms with Crippen LogP contribution < -0.4 is 0 Å². The van der Waals surface area contributed by atoms with E-state index in [0.29, 0.717) is 0 Å². The van der Waals surface area contributed by atoms with Crippen molar-refractivity contribution in [3.8, 4) is 11.1 Å². The molecule has 0 N–H and O–H groups in total. The molecule has 0 radical (unpaired) electrons. The number of hydrogen-bond acceptors (Lipinski definition) is 3. The van der Waals surface area contributed by atoms with Crippen molar-refractivity contribution >= 4 is 21.0 Å². The third-order valence-corrected chi connectivity index (χ3v) is 7.28. The first kappa shape index (κ1) is 24.6. The Morgan fingerprint density at radius 3 is 1.39 bits per heavy atom. The first-order valence-corrected chi connectivity index (χ1v) is 12.3. The lowest BCUT2D eigenvalue weighted by Gasteiger charge is -2.12. The Kier molecular flexibility index (Phi) is 7.97. The highest BCUT2D eigenvalue weighted by molar-refractivity contribution is 7.97. The second-order valence-corrected chi connectivity index (χ2v) is 10.1. The third kappa shape index (κ3) is 6.47. The Hall–Kier alpha value is -3.07. The number of hydrogen-bond donors (Lipinski definition) is 0. The summed E-state index contributed by atoms with van der Waals surface area (Å²) >= 11 is 0. The SMILES string of the molecule is O=S(=O)([O-])C(F)(F)F.c1ccc(-c2ccccc2[S+](c2ccccc2)c2ccccc2)cc1. The summed E-state index contributed by atoms with van der Waals surface area (Å²) in [5.41, 5.74) is -3.07. The molecule has 0 amide bonds. The Labute approximate surface area is 193 Å². The number of alkyl halides is 3. The molecule has 4 aromatic carbocycles. The molecule has 4 aromatic rings. The zero-order chi connectivity index (χ0) is 23.9. The third-order valence-electron chi connectivity index (χ3n) is 4.43. The van der Waals surface area contributed by atoms with Gasteiger partial charge in [-0.15, -0.1) is 0 Å². The van der Waals surface area contributed by atoms with E-state index >= 15 is 0 Å². The van der Waals surface area contributed by atoms with Crippen LogP contribution in [-0.4, -0.2) is 18.5 Å². The molecule has 0 spiro atoms. The predicted octanol–water partition coefficient (Wildman–Crippen LogP) is 6.50. The van der Waals surface area contributed by atoms with Crippen LogP contribution in [0.25, 0.3) is 11.1 Å². The fourth-order valence-electron chi connectivity index (χ4n) is 3.00. The molecule has 4 rings (SSSR count). The van der Waals surface area contributed by atoms with E-state index in [1.807, 2.05) is 0 Å². The molecule has 33 heavy (non-hydrogen) atoms. The van der Waals surface area contributed by atoms with Gasteiger partial charge in [0.2, 0.25) is 0 Å². The lowest BCUT2D eigenvalue weighted by atomic mass is 10.1. The van der Waals surface area contributed by atoms with Crippen LogP contribution in [0, 0.1) is 0 Å². The standard InChI is InChI=1S/C24H19S.CHF3O3S/c1-4-12-20(13-5-1)23-18-10-11-19-24(23)25(21-14-6-2-7-15-21)22-16-8-3-9-17-22;2-1(3,4)8(5,6)7/h1-19H;(H,5,6,7)/q+1;/p-1. The van der Waals surface area contributed by atoms with E-state index < -0.39 is 15.6 Å². The van der Waals surface area contributed by atoms with E-state index in [-0.39, 0.29) is 10.9 Å². The van der Waals surface area contributed by atoms with Gasteiger partial charge in [-0.25, -0.2) is 8.42 Å². The maximum absolute atomic E-state index is 10.7. The van der Waals surface area contributed by atoms with Gasteiger partial charge in [-0.05, 0) is 42.0 Å². The maximum atomic E-state index is 10.7. The van der Waals surface area contributed by atoms with Gasteiger partial charge in [-0.1, -0.05) is 78.9 Å². The summed E-state index contributed by atoms with van der Waals surface area (Å²) in [5.74, 6) is 0. The van der Waals surface area contributed by atoms with Crippen molar-refractivity contribution in [1.29, 1.82) is 0 Å². The summed E-state index contributed by atoms with van der Waals surface area (Å²) in [6, 6.07) is 41.1. The minimum Gasteiger partial charge on any atom is -0.741 e. The van der Waals surface area contributed by atoms with Crippen molar-refractivity contribution in [2.24, 2.45) is 0 Å². The van der Waals surface area contributed by atoms with Crippen LogP contribution in [0.3, 0.4) is 0 Å². The second-order valence-electron chi connectivity index (χ2n) is 6.69. The summed E-state index contributed by atoms with van der Waals surface area (Å²) < 4.78 is 58.9. The molecule has 0 atom stereocenters. The van der Waals surface area contributed by atoms with Crippen LogP contribution in [0.15, 0.2) is 130 Å². The van der Waals surface area contributed by atoms with Gasteiger partial charge >= 0.3 is 5.51 Å². The molecule has 8 heteroatoms.